The van der Waals surface area contributed by atoms with Gasteiger partial charge in [0.05, 0.1) is 6.42 Å². The number of carbonyl (C=O) groups excluding carboxylic acids is 2. The van der Waals surface area contributed by atoms with Crippen LogP contribution in [0, 0.1) is 0 Å². The van der Waals surface area contributed by atoms with Gasteiger partial charge in [-0.2, -0.15) is 0 Å². The van der Waals surface area contributed by atoms with E-state index >= 15 is 0 Å². The molecular weight excluding hydrogens is 276 g/mol. The molecule has 1 amide bonds. The number of hydrogen-bond donors (Lipinski definition) is 1. The highest BCUT2D eigenvalue weighted by atomic mass is 16.1. The second-order valence-electron chi connectivity index (χ2n) is 4.96. The molecule has 0 fully saturated rings. The van der Waals surface area contributed by atoms with Crippen LogP contribution in [0.15, 0.2) is 59.8 Å². The van der Waals surface area contributed by atoms with Crippen LogP contribution in [0.25, 0.3) is 0 Å². The van der Waals surface area contributed by atoms with Crippen LogP contribution >= 0.6 is 0 Å². The van der Waals surface area contributed by atoms with E-state index < -0.39 is 0 Å². The van der Waals surface area contributed by atoms with Crippen molar-refractivity contribution in [2.75, 3.05) is 5.32 Å². The number of allylic oxidation sites excluding steroid dienone is 4. The number of pyridine rings is 1. The lowest BCUT2D eigenvalue weighted by molar-refractivity contribution is -0.115. The van der Waals surface area contributed by atoms with Crippen LogP contribution in [-0.4, -0.2) is 17.2 Å². The Morgan fingerprint density at radius 3 is 2.73 bits per heavy atom. The standard InChI is InChI=1S/C18H22N2O2/c1-4-8-14(3)16(11-15(5-2)13-21)12-18(22)20-17-9-6-7-10-19-17/h5-7,9-11,13H,2,4,8,12H2,1,3H3,(H,19,20,22)/b15-11+,16-14-. The van der Waals surface area contributed by atoms with E-state index in [0.29, 0.717) is 11.4 Å². The van der Waals surface area contributed by atoms with Crippen molar-refractivity contribution in [3.8, 4) is 0 Å². The van der Waals surface area contributed by atoms with Gasteiger partial charge < -0.3 is 5.32 Å². The van der Waals surface area contributed by atoms with E-state index in [0.717, 1.165) is 30.3 Å². The van der Waals surface area contributed by atoms with Crippen molar-refractivity contribution in [2.24, 2.45) is 0 Å². The van der Waals surface area contributed by atoms with Gasteiger partial charge in [-0.05, 0) is 37.1 Å². The quantitative estimate of drug-likeness (QED) is 0.450. The highest BCUT2D eigenvalue weighted by Gasteiger charge is 2.09. The Bertz CT molecular complexity index is 576. The monoisotopic (exact) mass is 298 g/mol. The highest BCUT2D eigenvalue weighted by Crippen LogP contribution is 2.18. The third kappa shape index (κ3) is 5.87. The molecule has 4 heteroatoms. The van der Waals surface area contributed by atoms with E-state index in [1.54, 1.807) is 24.4 Å². The van der Waals surface area contributed by atoms with Crippen LogP contribution in [0.1, 0.15) is 33.1 Å². The first-order chi connectivity index (χ1) is 10.6. The molecule has 1 rings (SSSR count). The number of nitrogens with one attached hydrogen (secondary N) is 1. The normalized spacial score (nSPS) is 12.4. The topological polar surface area (TPSA) is 59.1 Å². The second kappa shape index (κ2) is 9.45. The number of aromatic nitrogens is 1. The van der Waals surface area contributed by atoms with E-state index in [1.165, 1.54) is 6.08 Å². The number of carbonyl (C=O) groups is 2. The Labute approximate surface area is 131 Å². The van der Waals surface area contributed by atoms with Crippen LogP contribution in [0.2, 0.25) is 0 Å². The van der Waals surface area contributed by atoms with E-state index in [4.69, 9.17) is 0 Å². The molecule has 0 aliphatic heterocycles. The number of amides is 1. The van der Waals surface area contributed by atoms with E-state index in [2.05, 4.69) is 23.8 Å². The number of nitrogens with zero attached hydrogens (tertiary/aromatic N) is 1. The average molecular weight is 298 g/mol. The molecule has 1 aromatic rings. The molecule has 22 heavy (non-hydrogen) atoms. The van der Waals surface area contributed by atoms with Gasteiger partial charge in [0.15, 0.2) is 0 Å². The first kappa shape index (κ1) is 17.6. The van der Waals surface area contributed by atoms with Crippen molar-refractivity contribution in [2.45, 2.75) is 33.1 Å². The van der Waals surface area contributed by atoms with Crippen molar-refractivity contribution >= 4 is 18.0 Å². The Balaban J connectivity index is 2.91. The minimum absolute atomic E-state index is 0.158. The molecule has 1 heterocycles. The summed E-state index contributed by atoms with van der Waals surface area (Å²) in [6.07, 6.45) is 7.64. The van der Waals surface area contributed by atoms with Gasteiger partial charge in [0, 0.05) is 11.8 Å². The lowest BCUT2D eigenvalue weighted by atomic mass is 9.99. The molecule has 116 valence electrons. The zero-order chi connectivity index (χ0) is 16.4. The lowest BCUT2D eigenvalue weighted by Gasteiger charge is -2.09. The van der Waals surface area contributed by atoms with Gasteiger partial charge in [0.1, 0.15) is 12.1 Å². The second-order valence-corrected chi connectivity index (χ2v) is 4.96. The summed E-state index contributed by atoms with van der Waals surface area (Å²) in [4.78, 5) is 27.2. The molecule has 0 bridgehead atoms. The van der Waals surface area contributed by atoms with Crippen LogP contribution in [0.3, 0.4) is 0 Å². The molecule has 1 aromatic heterocycles. The SMILES string of the molecule is C=C/C(C=O)=C\C(CC(=O)Nc1ccccn1)=C(/C)CCC. The van der Waals surface area contributed by atoms with Crippen molar-refractivity contribution in [3.05, 3.63) is 59.8 Å². The Morgan fingerprint density at radius 2 is 2.18 bits per heavy atom. The molecule has 0 aromatic carbocycles. The summed E-state index contributed by atoms with van der Waals surface area (Å²) >= 11 is 0. The molecule has 0 radical (unpaired) electrons. The van der Waals surface area contributed by atoms with Crippen LogP contribution < -0.4 is 5.32 Å². The number of anilines is 1. The van der Waals surface area contributed by atoms with Crippen LogP contribution in [0.5, 0.6) is 0 Å². The molecule has 0 atom stereocenters. The van der Waals surface area contributed by atoms with Gasteiger partial charge in [-0.3, -0.25) is 9.59 Å². The zero-order valence-electron chi connectivity index (χ0n) is 13.1. The fraction of sp³-hybridized carbons (Fsp3) is 0.278. The van der Waals surface area contributed by atoms with Crippen molar-refractivity contribution in [1.29, 1.82) is 0 Å². The van der Waals surface area contributed by atoms with E-state index in [1.807, 2.05) is 13.0 Å². The fourth-order valence-corrected chi connectivity index (χ4v) is 2.00. The molecule has 0 unspecified atom stereocenters. The minimum atomic E-state index is -0.158. The maximum absolute atomic E-state index is 12.2. The van der Waals surface area contributed by atoms with Crippen LogP contribution in [-0.2, 0) is 9.59 Å². The Hall–Kier alpha value is -2.49. The summed E-state index contributed by atoms with van der Waals surface area (Å²) in [5, 5.41) is 2.75. The summed E-state index contributed by atoms with van der Waals surface area (Å²) in [7, 11) is 0. The Morgan fingerprint density at radius 1 is 1.41 bits per heavy atom. The molecular formula is C18H22N2O2. The van der Waals surface area contributed by atoms with Gasteiger partial charge in [-0.15, -0.1) is 0 Å². The number of aldehydes is 1. The summed E-state index contributed by atoms with van der Waals surface area (Å²) in [5.74, 6) is 0.359. The van der Waals surface area contributed by atoms with E-state index in [9.17, 15) is 9.59 Å². The number of rotatable bonds is 8. The third-order valence-corrected chi connectivity index (χ3v) is 3.17. The highest BCUT2D eigenvalue weighted by molar-refractivity contribution is 5.92. The van der Waals surface area contributed by atoms with Gasteiger partial charge in [0.25, 0.3) is 0 Å². The third-order valence-electron chi connectivity index (χ3n) is 3.17. The van der Waals surface area contributed by atoms with Crippen LogP contribution in [0.4, 0.5) is 5.82 Å². The summed E-state index contributed by atoms with van der Waals surface area (Å²) in [6.45, 7) is 7.66. The maximum atomic E-state index is 12.2. The first-order valence-electron chi connectivity index (χ1n) is 7.29. The molecule has 0 spiro atoms. The largest absolute Gasteiger partial charge is 0.310 e. The minimum Gasteiger partial charge on any atom is -0.310 e. The van der Waals surface area contributed by atoms with Gasteiger partial charge >= 0.3 is 0 Å². The van der Waals surface area contributed by atoms with Crippen molar-refractivity contribution in [3.63, 3.8) is 0 Å². The zero-order valence-corrected chi connectivity index (χ0v) is 13.1. The molecule has 0 saturated carbocycles. The molecule has 1 N–H and O–H groups in total. The molecule has 0 saturated heterocycles. The van der Waals surface area contributed by atoms with Gasteiger partial charge in [-0.1, -0.05) is 37.6 Å². The molecule has 4 nitrogen and oxygen atoms in total. The summed E-state index contributed by atoms with van der Waals surface area (Å²) in [6, 6.07) is 5.33. The first-order valence-corrected chi connectivity index (χ1v) is 7.29. The van der Waals surface area contributed by atoms with Crippen molar-refractivity contribution in [1.82, 2.24) is 4.98 Å². The molecule has 0 aliphatic carbocycles. The summed E-state index contributed by atoms with van der Waals surface area (Å²) in [5.41, 5.74) is 2.41. The summed E-state index contributed by atoms with van der Waals surface area (Å²) < 4.78 is 0. The van der Waals surface area contributed by atoms with Gasteiger partial charge in [-0.25, -0.2) is 4.98 Å². The smallest absolute Gasteiger partial charge is 0.229 e. The molecule has 0 aliphatic rings. The van der Waals surface area contributed by atoms with E-state index in [-0.39, 0.29) is 12.3 Å². The predicted molar refractivity (Wildman–Crippen MR) is 89.4 cm³/mol. The maximum Gasteiger partial charge on any atom is 0.229 e. The van der Waals surface area contributed by atoms with Crippen molar-refractivity contribution < 1.29 is 9.59 Å². The fourth-order valence-electron chi connectivity index (χ4n) is 2.00. The predicted octanol–water partition coefficient (Wildman–Crippen LogP) is 3.84. The lowest BCUT2D eigenvalue weighted by Crippen LogP contribution is -2.13. The van der Waals surface area contributed by atoms with Gasteiger partial charge in [0.2, 0.25) is 5.91 Å². The number of hydrogen-bond acceptors (Lipinski definition) is 3. The Kier molecular flexibility index (Phi) is 7.54. The average Bonchev–Trinajstić information content (AvgIpc) is 2.52.